The smallest absolute Gasteiger partial charge is 0.315 e. The van der Waals surface area contributed by atoms with Crippen LogP contribution in [0.25, 0.3) is 0 Å². The van der Waals surface area contributed by atoms with E-state index in [-0.39, 0.29) is 5.38 Å². The molecule has 5 heteroatoms. The summed E-state index contributed by atoms with van der Waals surface area (Å²) < 4.78 is 5.40. The number of rotatable bonds is 5. The van der Waals surface area contributed by atoms with Gasteiger partial charge in [-0.1, -0.05) is 5.10 Å². The van der Waals surface area contributed by atoms with Gasteiger partial charge >= 0.3 is 6.01 Å². The van der Waals surface area contributed by atoms with Crippen LogP contribution >= 0.6 is 11.6 Å². The number of hydrogen-bond acceptors (Lipinski definition) is 4. The van der Waals surface area contributed by atoms with Crippen LogP contribution in [0.15, 0.2) is 4.42 Å². The Morgan fingerprint density at radius 3 is 2.75 bits per heavy atom. The van der Waals surface area contributed by atoms with Gasteiger partial charge < -0.3 is 9.73 Å². The monoisotopic (exact) mass is 241 g/mol. The fourth-order valence-corrected chi connectivity index (χ4v) is 2.39. The molecule has 2 fully saturated rings. The molecule has 0 radical (unpaired) electrons. The minimum atomic E-state index is -0.221. The molecule has 0 aromatic carbocycles. The molecule has 0 amide bonds. The number of aromatic nitrogens is 2. The topological polar surface area (TPSA) is 51.0 Å². The molecule has 2 aliphatic rings. The van der Waals surface area contributed by atoms with Crippen molar-refractivity contribution < 1.29 is 4.42 Å². The Bertz CT molecular complexity index is 382. The van der Waals surface area contributed by atoms with E-state index in [4.69, 9.17) is 16.0 Å². The van der Waals surface area contributed by atoms with Crippen molar-refractivity contribution in [2.75, 3.05) is 11.9 Å². The molecule has 4 nitrogen and oxygen atoms in total. The molecule has 88 valence electrons. The molecule has 1 atom stereocenters. The standard InChI is InChI=1S/C11H16ClN3O/c1-7(12)9-14-15-10(16-9)13-6-11(4-5-11)8-2-3-8/h7-8H,2-6H2,1H3,(H,13,15). The van der Waals surface area contributed by atoms with Gasteiger partial charge in [0.1, 0.15) is 5.38 Å². The second-order valence-electron chi connectivity index (χ2n) is 5.05. The van der Waals surface area contributed by atoms with Gasteiger partial charge in [-0.2, -0.15) is 0 Å². The summed E-state index contributed by atoms with van der Waals surface area (Å²) in [4.78, 5) is 0. The first-order valence-electron chi connectivity index (χ1n) is 5.91. The summed E-state index contributed by atoms with van der Waals surface area (Å²) in [5.41, 5.74) is 0.543. The van der Waals surface area contributed by atoms with Gasteiger partial charge in [0.15, 0.2) is 0 Å². The van der Waals surface area contributed by atoms with Crippen molar-refractivity contribution in [3.8, 4) is 0 Å². The van der Waals surface area contributed by atoms with E-state index in [9.17, 15) is 0 Å². The lowest BCUT2D eigenvalue weighted by Crippen LogP contribution is -2.17. The van der Waals surface area contributed by atoms with Crippen LogP contribution in [-0.4, -0.2) is 16.7 Å². The predicted molar refractivity (Wildman–Crippen MR) is 61.4 cm³/mol. The van der Waals surface area contributed by atoms with Crippen molar-refractivity contribution in [1.82, 2.24) is 10.2 Å². The molecule has 3 rings (SSSR count). The van der Waals surface area contributed by atoms with Gasteiger partial charge in [-0.25, -0.2) is 0 Å². The predicted octanol–water partition coefficient (Wildman–Crippen LogP) is 2.97. The molecule has 2 saturated carbocycles. The third-order valence-corrected chi connectivity index (χ3v) is 3.89. The Balaban J connectivity index is 1.57. The zero-order valence-corrected chi connectivity index (χ0v) is 10.1. The number of anilines is 1. The normalized spacial score (nSPS) is 24.1. The zero-order valence-electron chi connectivity index (χ0n) is 9.37. The van der Waals surface area contributed by atoms with E-state index in [1.807, 2.05) is 6.92 Å². The molecule has 2 aliphatic carbocycles. The van der Waals surface area contributed by atoms with Crippen molar-refractivity contribution in [2.24, 2.45) is 11.3 Å². The summed E-state index contributed by atoms with van der Waals surface area (Å²) in [6.45, 7) is 2.79. The van der Waals surface area contributed by atoms with Crippen LogP contribution in [0.4, 0.5) is 6.01 Å². The highest BCUT2D eigenvalue weighted by molar-refractivity contribution is 6.20. The van der Waals surface area contributed by atoms with Gasteiger partial charge in [-0.05, 0) is 43.9 Å². The molecule has 1 aromatic rings. The molecular formula is C11H16ClN3O. The molecule has 1 unspecified atom stereocenters. The van der Waals surface area contributed by atoms with Crippen molar-refractivity contribution >= 4 is 17.6 Å². The molecule has 0 saturated heterocycles. The van der Waals surface area contributed by atoms with E-state index in [0.29, 0.717) is 17.3 Å². The fourth-order valence-electron chi connectivity index (χ4n) is 2.30. The van der Waals surface area contributed by atoms with Gasteiger partial charge in [0.05, 0.1) is 0 Å². The van der Waals surface area contributed by atoms with Crippen molar-refractivity contribution in [3.63, 3.8) is 0 Å². The van der Waals surface area contributed by atoms with Crippen molar-refractivity contribution in [1.29, 1.82) is 0 Å². The molecular weight excluding hydrogens is 226 g/mol. The minimum absolute atomic E-state index is 0.221. The summed E-state index contributed by atoms with van der Waals surface area (Å²) in [5, 5.41) is 10.8. The number of nitrogens with one attached hydrogen (secondary N) is 1. The van der Waals surface area contributed by atoms with Crippen LogP contribution in [0.1, 0.15) is 43.9 Å². The number of halogens is 1. The van der Waals surface area contributed by atoms with Crippen LogP contribution < -0.4 is 5.32 Å². The second kappa shape index (κ2) is 3.62. The fraction of sp³-hybridized carbons (Fsp3) is 0.818. The van der Waals surface area contributed by atoms with Gasteiger partial charge in [-0.15, -0.1) is 16.7 Å². The van der Waals surface area contributed by atoms with Crippen molar-refractivity contribution in [3.05, 3.63) is 5.89 Å². The summed E-state index contributed by atoms with van der Waals surface area (Å²) in [6.07, 6.45) is 5.49. The Labute approximate surface area is 99.8 Å². The third-order valence-electron chi connectivity index (χ3n) is 3.71. The molecule has 1 N–H and O–H groups in total. The van der Waals surface area contributed by atoms with E-state index < -0.39 is 0 Å². The largest absolute Gasteiger partial charge is 0.407 e. The Morgan fingerprint density at radius 1 is 1.50 bits per heavy atom. The number of nitrogens with zero attached hydrogens (tertiary/aromatic N) is 2. The van der Waals surface area contributed by atoms with Crippen LogP contribution in [0.3, 0.4) is 0 Å². The minimum Gasteiger partial charge on any atom is -0.407 e. The van der Waals surface area contributed by atoms with E-state index >= 15 is 0 Å². The third kappa shape index (κ3) is 1.90. The van der Waals surface area contributed by atoms with Gasteiger partial charge in [0, 0.05) is 6.54 Å². The van der Waals surface area contributed by atoms with Gasteiger partial charge in [-0.3, -0.25) is 0 Å². The maximum Gasteiger partial charge on any atom is 0.315 e. The molecule has 0 aliphatic heterocycles. The van der Waals surface area contributed by atoms with Crippen LogP contribution in [0.5, 0.6) is 0 Å². The Morgan fingerprint density at radius 2 is 2.25 bits per heavy atom. The zero-order chi connectivity index (χ0) is 11.2. The molecule has 16 heavy (non-hydrogen) atoms. The number of alkyl halides is 1. The van der Waals surface area contributed by atoms with E-state index in [0.717, 1.165) is 12.5 Å². The van der Waals surface area contributed by atoms with Crippen LogP contribution in [-0.2, 0) is 0 Å². The van der Waals surface area contributed by atoms with E-state index in [1.165, 1.54) is 25.7 Å². The summed E-state index contributed by atoms with van der Waals surface area (Å²) in [6, 6.07) is 0.509. The van der Waals surface area contributed by atoms with Gasteiger partial charge in [0.25, 0.3) is 0 Å². The van der Waals surface area contributed by atoms with E-state index in [2.05, 4.69) is 15.5 Å². The Kier molecular flexibility index (Phi) is 2.35. The highest BCUT2D eigenvalue weighted by Crippen LogP contribution is 2.61. The Hall–Kier alpha value is -0.770. The van der Waals surface area contributed by atoms with Crippen LogP contribution in [0.2, 0.25) is 0 Å². The first-order chi connectivity index (χ1) is 7.70. The maximum absolute atomic E-state index is 5.86. The SMILES string of the molecule is CC(Cl)c1nnc(NCC2(C3CC3)CC2)o1. The molecule has 1 heterocycles. The highest BCUT2D eigenvalue weighted by atomic mass is 35.5. The van der Waals surface area contributed by atoms with Crippen molar-refractivity contribution in [2.45, 2.75) is 38.0 Å². The molecule has 0 spiro atoms. The average Bonchev–Trinajstić information content (AvgIpc) is 3.13. The first-order valence-corrected chi connectivity index (χ1v) is 6.35. The molecule has 0 bridgehead atoms. The quantitative estimate of drug-likeness (QED) is 0.806. The highest BCUT2D eigenvalue weighted by Gasteiger charge is 2.53. The molecule has 1 aromatic heterocycles. The average molecular weight is 242 g/mol. The number of hydrogen-bond donors (Lipinski definition) is 1. The summed E-state index contributed by atoms with van der Waals surface area (Å²) >= 11 is 5.86. The lowest BCUT2D eigenvalue weighted by Gasteiger charge is -2.13. The van der Waals surface area contributed by atoms with Gasteiger partial charge in [0.2, 0.25) is 5.89 Å². The lowest BCUT2D eigenvalue weighted by molar-refractivity contribution is 0.450. The second-order valence-corrected chi connectivity index (χ2v) is 5.71. The van der Waals surface area contributed by atoms with E-state index in [1.54, 1.807) is 0 Å². The first kappa shape index (κ1) is 10.4. The lowest BCUT2D eigenvalue weighted by atomic mass is 10.0. The van der Waals surface area contributed by atoms with Crippen LogP contribution in [0, 0.1) is 11.3 Å². The maximum atomic E-state index is 5.86. The summed E-state index contributed by atoms with van der Waals surface area (Å²) in [5.74, 6) is 1.43. The summed E-state index contributed by atoms with van der Waals surface area (Å²) in [7, 11) is 0.